The van der Waals surface area contributed by atoms with Crippen molar-refractivity contribution in [2.45, 2.75) is 45.7 Å². The lowest BCUT2D eigenvalue weighted by atomic mass is 9.96. The molecule has 0 atom stereocenters. The minimum absolute atomic E-state index is 0.0882. The third-order valence-corrected chi connectivity index (χ3v) is 5.56. The predicted octanol–water partition coefficient (Wildman–Crippen LogP) is 3.00. The van der Waals surface area contributed by atoms with Gasteiger partial charge in [-0.1, -0.05) is 44.2 Å². The van der Waals surface area contributed by atoms with Gasteiger partial charge in [-0.15, -0.1) is 0 Å². The number of carbonyl (C=O) groups is 1. The Morgan fingerprint density at radius 3 is 2.46 bits per heavy atom. The minimum Gasteiger partial charge on any atom is -0.354 e. The number of nitrogens with one attached hydrogen (secondary N) is 1. The number of likely N-dealkylation sites (tertiary alicyclic amines) is 1. The maximum Gasteiger partial charge on any atom is 0.250 e. The topological polar surface area (TPSA) is 54.3 Å². The van der Waals surface area contributed by atoms with E-state index in [9.17, 15) is 9.59 Å². The molecule has 1 aromatic heterocycles. The van der Waals surface area contributed by atoms with Crippen LogP contribution in [-0.4, -0.2) is 35.0 Å². The summed E-state index contributed by atoms with van der Waals surface area (Å²) in [4.78, 5) is 26.3. The molecule has 1 fully saturated rings. The molecule has 0 saturated carbocycles. The normalized spacial score (nSPS) is 15.7. The molecule has 0 radical (unpaired) electrons. The maximum atomic E-state index is 12.1. The molecule has 5 nitrogen and oxygen atoms in total. The Balaban J connectivity index is 1.38. The lowest BCUT2D eigenvalue weighted by molar-refractivity contribution is -0.122. The summed E-state index contributed by atoms with van der Waals surface area (Å²) in [7, 11) is 0. The quantitative estimate of drug-likeness (QED) is 0.802. The van der Waals surface area contributed by atoms with E-state index in [1.807, 2.05) is 0 Å². The summed E-state index contributed by atoms with van der Waals surface area (Å²) in [5.41, 5.74) is 2.60. The molecule has 1 aliphatic rings. The fourth-order valence-corrected chi connectivity index (χ4v) is 3.67. The first-order valence-electron chi connectivity index (χ1n) is 10.2. The van der Waals surface area contributed by atoms with E-state index in [1.165, 1.54) is 21.8 Å². The number of hydrogen-bond donors (Lipinski definition) is 1. The number of aromatic nitrogens is 1. The average Bonchev–Trinajstić information content (AvgIpc) is 2.70. The molecule has 150 valence electrons. The van der Waals surface area contributed by atoms with E-state index in [0.717, 1.165) is 32.5 Å². The SMILES string of the molecule is CC(C)c1ccc(CN2CCC(CNC(=O)Cn3ccccc3=O)CC2)cc1. The molecular weight excluding hydrogens is 350 g/mol. The molecule has 5 heteroatoms. The van der Waals surface area contributed by atoms with Crippen molar-refractivity contribution in [2.24, 2.45) is 5.92 Å². The van der Waals surface area contributed by atoms with Gasteiger partial charge in [0.1, 0.15) is 6.54 Å². The molecular formula is C23H31N3O2. The number of rotatable bonds is 7. The predicted molar refractivity (Wildman–Crippen MR) is 112 cm³/mol. The zero-order valence-corrected chi connectivity index (χ0v) is 16.9. The summed E-state index contributed by atoms with van der Waals surface area (Å²) in [5, 5.41) is 2.99. The summed E-state index contributed by atoms with van der Waals surface area (Å²) < 4.78 is 1.43. The Labute approximate surface area is 167 Å². The summed E-state index contributed by atoms with van der Waals surface area (Å²) in [6.45, 7) is 8.33. The number of piperidine rings is 1. The molecule has 28 heavy (non-hydrogen) atoms. The molecule has 0 bridgehead atoms. The fourth-order valence-electron chi connectivity index (χ4n) is 3.67. The first kappa shape index (κ1) is 20.3. The molecule has 0 spiro atoms. The Hall–Kier alpha value is -2.40. The van der Waals surface area contributed by atoms with Crippen LogP contribution in [0.25, 0.3) is 0 Å². The highest BCUT2D eigenvalue weighted by Crippen LogP contribution is 2.20. The van der Waals surface area contributed by atoms with Gasteiger partial charge in [-0.3, -0.25) is 14.5 Å². The standard InChI is InChI=1S/C23H31N3O2/c1-18(2)21-8-6-20(7-9-21)16-25-13-10-19(11-14-25)15-24-22(27)17-26-12-4-3-5-23(26)28/h3-9,12,18-19H,10-11,13-17H2,1-2H3,(H,24,27). The third kappa shape index (κ3) is 5.80. The van der Waals surface area contributed by atoms with E-state index in [-0.39, 0.29) is 18.0 Å². The summed E-state index contributed by atoms with van der Waals surface area (Å²) in [6, 6.07) is 13.9. The van der Waals surface area contributed by atoms with Gasteiger partial charge in [0, 0.05) is 25.4 Å². The van der Waals surface area contributed by atoms with Gasteiger partial charge < -0.3 is 9.88 Å². The number of amides is 1. The summed E-state index contributed by atoms with van der Waals surface area (Å²) in [5.74, 6) is 0.984. The van der Waals surface area contributed by atoms with Crippen LogP contribution in [0.4, 0.5) is 0 Å². The highest BCUT2D eigenvalue weighted by molar-refractivity contribution is 5.75. The zero-order chi connectivity index (χ0) is 19.9. The van der Waals surface area contributed by atoms with Crippen molar-refractivity contribution in [3.8, 4) is 0 Å². The first-order chi connectivity index (χ1) is 13.5. The third-order valence-electron chi connectivity index (χ3n) is 5.56. The second-order valence-electron chi connectivity index (χ2n) is 8.09. The van der Waals surface area contributed by atoms with E-state index in [1.54, 1.807) is 18.3 Å². The van der Waals surface area contributed by atoms with Crippen LogP contribution in [0.2, 0.25) is 0 Å². The highest BCUT2D eigenvalue weighted by atomic mass is 16.2. The largest absolute Gasteiger partial charge is 0.354 e. The summed E-state index contributed by atoms with van der Waals surface area (Å²) in [6.07, 6.45) is 3.83. The van der Waals surface area contributed by atoms with Crippen molar-refractivity contribution in [3.05, 3.63) is 70.1 Å². The molecule has 2 heterocycles. The Bertz CT molecular complexity index is 818. The maximum absolute atomic E-state index is 12.1. The zero-order valence-electron chi connectivity index (χ0n) is 16.9. The monoisotopic (exact) mass is 381 g/mol. The van der Waals surface area contributed by atoms with Crippen LogP contribution >= 0.6 is 0 Å². The van der Waals surface area contributed by atoms with Crippen LogP contribution in [0.15, 0.2) is 53.5 Å². The Morgan fingerprint density at radius 1 is 1.11 bits per heavy atom. The van der Waals surface area contributed by atoms with Crippen LogP contribution in [0, 0.1) is 5.92 Å². The fraction of sp³-hybridized carbons (Fsp3) is 0.478. The van der Waals surface area contributed by atoms with E-state index in [0.29, 0.717) is 18.4 Å². The van der Waals surface area contributed by atoms with Crippen LogP contribution in [0.5, 0.6) is 0 Å². The Morgan fingerprint density at radius 2 is 1.82 bits per heavy atom. The van der Waals surface area contributed by atoms with Gasteiger partial charge in [0.05, 0.1) is 0 Å². The lowest BCUT2D eigenvalue weighted by Crippen LogP contribution is -2.39. The average molecular weight is 382 g/mol. The van der Waals surface area contributed by atoms with Crippen LogP contribution in [0.3, 0.4) is 0 Å². The number of hydrogen-bond acceptors (Lipinski definition) is 3. The summed E-state index contributed by atoms with van der Waals surface area (Å²) >= 11 is 0. The van der Waals surface area contributed by atoms with Gasteiger partial charge in [0.25, 0.3) is 5.56 Å². The van der Waals surface area contributed by atoms with Gasteiger partial charge in [-0.05, 0) is 55.0 Å². The number of carbonyl (C=O) groups excluding carboxylic acids is 1. The molecule has 1 amide bonds. The smallest absolute Gasteiger partial charge is 0.250 e. The van der Waals surface area contributed by atoms with Gasteiger partial charge in [-0.2, -0.15) is 0 Å². The van der Waals surface area contributed by atoms with Crippen molar-refractivity contribution in [2.75, 3.05) is 19.6 Å². The highest BCUT2D eigenvalue weighted by Gasteiger charge is 2.20. The van der Waals surface area contributed by atoms with Crippen LogP contribution < -0.4 is 10.9 Å². The molecule has 2 aromatic rings. The van der Waals surface area contributed by atoms with E-state index < -0.39 is 0 Å². The lowest BCUT2D eigenvalue weighted by Gasteiger charge is -2.32. The van der Waals surface area contributed by atoms with E-state index >= 15 is 0 Å². The van der Waals surface area contributed by atoms with Crippen molar-refractivity contribution in [1.29, 1.82) is 0 Å². The van der Waals surface area contributed by atoms with Crippen molar-refractivity contribution < 1.29 is 4.79 Å². The second kappa shape index (κ2) is 9.69. The molecule has 1 aromatic carbocycles. The van der Waals surface area contributed by atoms with Gasteiger partial charge in [0.2, 0.25) is 5.91 Å². The van der Waals surface area contributed by atoms with Gasteiger partial charge in [0.15, 0.2) is 0 Å². The molecule has 1 aliphatic heterocycles. The number of nitrogens with zero attached hydrogens (tertiary/aromatic N) is 2. The van der Waals surface area contributed by atoms with E-state index in [2.05, 4.69) is 48.3 Å². The molecule has 0 aliphatic carbocycles. The van der Waals surface area contributed by atoms with Crippen LogP contribution in [-0.2, 0) is 17.9 Å². The second-order valence-corrected chi connectivity index (χ2v) is 8.09. The molecule has 3 rings (SSSR count). The molecule has 1 saturated heterocycles. The van der Waals surface area contributed by atoms with Crippen LogP contribution in [0.1, 0.15) is 43.7 Å². The number of benzene rings is 1. The molecule has 0 unspecified atom stereocenters. The van der Waals surface area contributed by atoms with Gasteiger partial charge >= 0.3 is 0 Å². The molecule has 1 N–H and O–H groups in total. The van der Waals surface area contributed by atoms with Crippen molar-refractivity contribution in [1.82, 2.24) is 14.8 Å². The number of pyridine rings is 1. The van der Waals surface area contributed by atoms with Gasteiger partial charge in [-0.25, -0.2) is 0 Å². The minimum atomic E-state index is -0.146. The first-order valence-corrected chi connectivity index (χ1v) is 10.2. The van der Waals surface area contributed by atoms with E-state index in [4.69, 9.17) is 0 Å². The van der Waals surface area contributed by atoms with Crippen molar-refractivity contribution >= 4 is 5.91 Å². The Kier molecular flexibility index (Phi) is 7.04. The van der Waals surface area contributed by atoms with Crippen molar-refractivity contribution in [3.63, 3.8) is 0 Å².